The Balaban J connectivity index is 3.07. The first-order chi connectivity index (χ1) is 9.77. The van der Waals surface area contributed by atoms with Crippen LogP contribution in [-0.4, -0.2) is 25.2 Å². The van der Waals surface area contributed by atoms with Crippen LogP contribution in [0.15, 0.2) is 12.2 Å². The molecule has 2 nitrogen and oxygen atoms in total. The lowest BCUT2D eigenvalue weighted by atomic mass is 10.1. The fraction of sp³-hybridized carbons (Fsp3) is 0.824. The third-order valence-electron chi connectivity index (χ3n) is 3.65. The van der Waals surface area contributed by atoms with Crippen molar-refractivity contribution in [3.63, 3.8) is 0 Å². The van der Waals surface area contributed by atoms with Gasteiger partial charge >= 0.3 is 15.2 Å². The third kappa shape index (κ3) is 17.7. The molecule has 0 rings (SSSR count). The van der Waals surface area contributed by atoms with Crippen LogP contribution < -0.4 is 0 Å². The lowest BCUT2D eigenvalue weighted by molar-refractivity contribution is 0.219. The van der Waals surface area contributed by atoms with Crippen molar-refractivity contribution in [3.05, 3.63) is 12.2 Å². The average Bonchev–Trinajstić information content (AvgIpc) is 2.43. The van der Waals surface area contributed by atoms with Crippen LogP contribution in [0.25, 0.3) is 0 Å². The maximum Gasteiger partial charge on any atom is 0.411 e. The Morgan fingerprint density at radius 2 is 1.35 bits per heavy atom. The summed E-state index contributed by atoms with van der Waals surface area (Å²) in [4.78, 5) is 9.86. The summed E-state index contributed by atoms with van der Waals surface area (Å²) in [5, 5.41) is 9.55. The maximum absolute atomic E-state index is 10.4. The van der Waals surface area contributed by atoms with Crippen molar-refractivity contribution in [2.75, 3.05) is 0 Å². The van der Waals surface area contributed by atoms with Gasteiger partial charge in [-0.15, -0.1) is 0 Å². The molecule has 0 spiro atoms. The number of carboxylic acid groups (broad SMARTS) is 1. The largest absolute Gasteiger partial charge is 0.496 e. The molecule has 0 saturated heterocycles. The molecule has 0 heterocycles. The normalized spacial score (nSPS) is 11.1. The monoisotopic (exact) mass is 296 g/mol. The highest BCUT2D eigenvalue weighted by Gasteiger charge is 2.01. The summed E-state index contributed by atoms with van der Waals surface area (Å²) < 4.78 is 0. The molecule has 0 aliphatic rings. The summed E-state index contributed by atoms with van der Waals surface area (Å²) in [5.41, 5.74) is 0. The molecule has 1 N–H and O–H groups in total. The van der Waals surface area contributed by atoms with Crippen LogP contribution in [0.4, 0.5) is 4.79 Å². The smallest absolute Gasteiger partial charge is 0.411 e. The van der Waals surface area contributed by atoms with Crippen LogP contribution >= 0.6 is 0 Å². The van der Waals surface area contributed by atoms with E-state index in [-0.39, 0.29) is 0 Å². The van der Waals surface area contributed by atoms with Gasteiger partial charge in [0.25, 0.3) is 0 Å². The minimum absolute atomic E-state index is 0.525. The van der Waals surface area contributed by atoms with Gasteiger partial charge in [0.15, 0.2) is 4.83 Å². The van der Waals surface area contributed by atoms with Gasteiger partial charge in [0, 0.05) is 0 Å². The van der Waals surface area contributed by atoms with Gasteiger partial charge in [-0.05, 0) is 25.7 Å². The Labute approximate surface area is 131 Å². The highest BCUT2D eigenvalue weighted by atomic mass is 27.1. The van der Waals surface area contributed by atoms with Crippen LogP contribution in [0.1, 0.15) is 84.0 Å². The molecule has 0 aliphatic carbocycles. The zero-order valence-corrected chi connectivity index (χ0v) is 14.8. The molecule has 0 fully saturated rings. The molecule has 3 heteroatoms. The van der Waals surface area contributed by atoms with Crippen molar-refractivity contribution in [1.29, 1.82) is 0 Å². The van der Waals surface area contributed by atoms with Gasteiger partial charge in [-0.1, -0.05) is 75.7 Å². The Hall–Kier alpha value is -0.258. The second kappa shape index (κ2) is 16.8. The Morgan fingerprint density at radius 1 is 0.850 bits per heavy atom. The van der Waals surface area contributed by atoms with E-state index in [1.54, 1.807) is 0 Å². The Morgan fingerprint density at radius 3 is 1.90 bits per heavy atom. The van der Waals surface area contributed by atoms with Gasteiger partial charge in [0.1, 0.15) is 0 Å². The van der Waals surface area contributed by atoms with Crippen molar-refractivity contribution in [2.45, 2.75) is 89.3 Å². The van der Waals surface area contributed by atoms with Crippen LogP contribution in [0.3, 0.4) is 0 Å². The number of rotatable bonds is 15. The minimum Gasteiger partial charge on any atom is -0.496 e. The predicted molar refractivity (Wildman–Crippen MR) is 90.2 cm³/mol. The summed E-state index contributed by atoms with van der Waals surface area (Å²) in [5.74, 6) is 0. The first kappa shape index (κ1) is 19.7. The molecule has 0 aliphatic heterocycles. The SMILES string of the molecule is CCCCCCCC/C=C\CCCCC[CH2][AlH][C](=O)O. The van der Waals surface area contributed by atoms with E-state index < -0.39 is 20.1 Å². The number of unbranched alkanes of at least 4 members (excludes halogenated alkanes) is 10. The van der Waals surface area contributed by atoms with Gasteiger partial charge in [-0.2, -0.15) is 0 Å². The average molecular weight is 296 g/mol. The Kier molecular flexibility index (Phi) is 16.6. The number of hydrogen-bond donors (Lipinski definition) is 1. The first-order valence-electron chi connectivity index (χ1n) is 8.64. The van der Waals surface area contributed by atoms with Gasteiger partial charge in [0.05, 0.1) is 0 Å². The van der Waals surface area contributed by atoms with E-state index in [4.69, 9.17) is 5.11 Å². The van der Waals surface area contributed by atoms with Crippen LogP contribution in [0.2, 0.25) is 5.28 Å². The summed E-state index contributed by atoms with van der Waals surface area (Å²) in [6.45, 7) is 2.26. The summed E-state index contributed by atoms with van der Waals surface area (Å²) in [6, 6.07) is 0. The molecule has 0 saturated carbocycles. The topological polar surface area (TPSA) is 37.3 Å². The molecule has 0 radical (unpaired) electrons. The lowest BCUT2D eigenvalue weighted by Gasteiger charge is -1.98. The molecule has 0 atom stereocenters. The lowest BCUT2D eigenvalue weighted by Crippen LogP contribution is -2.03. The van der Waals surface area contributed by atoms with Crippen LogP contribution in [0.5, 0.6) is 0 Å². The van der Waals surface area contributed by atoms with Crippen molar-refractivity contribution in [3.8, 4) is 0 Å². The number of allylic oxidation sites excluding steroid dienone is 2. The summed E-state index contributed by atoms with van der Waals surface area (Å²) in [7, 11) is 0. The van der Waals surface area contributed by atoms with Crippen LogP contribution in [-0.2, 0) is 0 Å². The second-order valence-corrected chi connectivity index (χ2v) is 7.54. The van der Waals surface area contributed by atoms with E-state index >= 15 is 0 Å². The highest BCUT2D eigenvalue weighted by Crippen LogP contribution is 2.09. The maximum atomic E-state index is 10.4. The molecule has 0 aromatic rings. The van der Waals surface area contributed by atoms with Gasteiger partial charge in [-0.3, -0.25) is 4.79 Å². The van der Waals surface area contributed by atoms with Crippen molar-refractivity contribution in [2.24, 2.45) is 0 Å². The molecular formula is C17H33AlO2. The van der Waals surface area contributed by atoms with E-state index in [1.807, 2.05) is 0 Å². The summed E-state index contributed by atoms with van der Waals surface area (Å²) in [6.07, 6.45) is 20.3. The van der Waals surface area contributed by atoms with Crippen molar-refractivity contribution < 1.29 is 9.90 Å². The van der Waals surface area contributed by atoms with E-state index in [1.165, 1.54) is 70.6 Å². The third-order valence-corrected chi connectivity index (χ3v) is 4.93. The quantitative estimate of drug-likeness (QED) is 0.236. The van der Waals surface area contributed by atoms with Gasteiger partial charge in [-0.25, -0.2) is 0 Å². The van der Waals surface area contributed by atoms with Gasteiger partial charge < -0.3 is 5.11 Å². The van der Waals surface area contributed by atoms with Gasteiger partial charge in [0.2, 0.25) is 0 Å². The van der Waals surface area contributed by atoms with E-state index in [0.717, 1.165) is 11.7 Å². The molecule has 20 heavy (non-hydrogen) atoms. The Bertz CT molecular complexity index is 239. The standard InChI is InChI=1S/C16H31.CHO2.Al.H/c1-3-5-7-9-11-13-15-16-14-12-10-8-6-4-2;2-1-3;;/h13,15H,1,3-12,14,16H2,2H3;(H,2,3);;/b15-13-;;;. The molecule has 0 aromatic heterocycles. The van der Waals surface area contributed by atoms with Crippen molar-refractivity contribution >= 4 is 20.1 Å². The number of hydrogen-bond acceptors (Lipinski definition) is 1. The second-order valence-electron chi connectivity index (χ2n) is 5.73. The number of carbonyl (C=O) groups is 1. The minimum atomic E-state index is -0.813. The predicted octanol–water partition coefficient (Wildman–Crippen LogP) is 5.78. The molecular weight excluding hydrogens is 263 g/mol. The molecule has 0 aromatic carbocycles. The van der Waals surface area contributed by atoms with Crippen molar-refractivity contribution in [1.82, 2.24) is 0 Å². The molecule has 0 unspecified atom stereocenters. The van der Waals surface area contributed by atoms with E-state index in [2.05, 4.69) is 19.1 Å². The zero-order chi connectivity index (χ0) is 14.9. The molecule has 0 amide bonds. The van der Waals surface area contributed by atoms with E-state index in [0.29, 0.717) is 0 Å². The fourth-order valence-corrected chi connectivity index (χ4v) is 3.25. The van der Waals surface area contributed by atoms with E-state index in [9.17, 15) is 4.79 Å². The zero-order valence-electron chi connectivity index (χ0n) is 13.4. The summed E-state index contributed by atoms with van der Waals surface area (Å²) >= 11 is -0.813. The fourth-order valence-electron chi connectivity index (χ4n) is 2.35. The first-order valence-corrected chi connectivity index (χ1v) is 10.3. The molecule has 116 valence electrons. The highest BCUT2D eigenvalue weighted by molar-refractivity contribution is 6.71. The molecule has 0 bridgehead atoms. The van der Waals surface area contributed by atoms with Crippen LogP contribution in [0, 0.1) is 0 Å².